The Morgan fingerprint density at radius 3 is 2.78 bits per heavy atom. The van der Waals surface area contributed by atoms with E-state index in [4.69, 9.17) is 9.47 Å². The number of hydrogen-bond donors (Lipinski definition) is 1. The fourth-order valence-corrected chi connectivity index (χ4v) is 3.27. The zero-order chi connectivity index (χ0) is 22.5. The van der Waals surface area contributed by atoms with Crippen molar-refractivity contribution in [2.45, 2.75) is 26.5 Å². The highest BCUT2D eigenvalue weighted by atomic mass is 16.5. The van der Waals surface area contributed by atoms with Gasteiger partial charge in [0.25, 0.3) is 5.91 Å². The smallest absolute Gasteiger partial charge is 0.276 e. The molecule has 4 rings (SSSR count). The average molecular weight is 432 g/mol. The molecule has 3 heterocycles. The Balaban J connectivity index is 1.59. The molecule has 0 aliphatic rings. The summed E-state index contributed by atoms with van der Waals surface area (Å²) in [6.45, 7) is 5.05. The van der Waals surface area contributed by atoms with Crippen molar-refractivity contribution < 1.29 is 14.3 Å². The van der Waals surface area contributed by atoms with Crippen LogP contribution in [0, 0.1) is 0 Å². The first-order valence-corrected chi connectivity index (χ1v) is 10.3. The van der Waals surface area contributed by atoms with Gasteiger partial charge in [-0.25, -0.2) is 0 Å². The van der Waals surface area contributed by atoms with Crippen molar-refractivity contribution in [3.63, 3.8) is 0 Å². The van der Waals surface area contributed by atoms with E-state index in [0.29, 0.717) is 30.2 Å². The molecule has 0 fully saturated rings. The van der Waals surface area contributed by atoms with Crippen molar-refractivity contribution in [3.05, 3.63) is 60.7 Å². The van der Waals surface area contributed by atoms with Crippen LogP contribution in [-0.4, -0.2) is 50.7 Å². The van der Waals surface area contributed by atoms with Crippen molar-refractivity contribution in [1.82, 2.24) is 25.0 Å². The van der Waals surface area contributed by atoms with Crippen LogP contribution in [0.2, 0.25) is 0 Å². The van der Waals surface area contributed by atoms with Crippen LogP contribution in [0.3, 0.4) is 0 Å². The third-order valence-electron chi connectivity index (χ3n) is 4.72. The highest BCUT2D eigenvalue weighted by molar-refractivity contribution is 6.09. The molecular formula is C23H24N6O3. The summed E-state index contributed by atoms with van der Waals surface area (Å²) in [6, 6.07) is 10.8. The van der Waals surface area contributed by atoms with Crippen LogP contribution in [0.4, 0.5) is 5.69 Å². The Morgan fingerprint density at radius 1 is 1.16 bits per heavy atom. The lowest BCUT2D eigenvalue weighted by atomic mass is 10.0. The maximum Gasteiger partial charge on any atom is 0.276 e. The molecule has 32 heavy (non-hydrogen) atoms. The Morgan fingerprint density at radius 2 is 2.03 bits per heavy atom. The lowest BCUT2D eigenvalue weighted by molar-refractivity contribution is 0.102. The van der Waals surface area contributed by atoms with Gasteiger partial charge in [-0.1, -0.05) is 12.1 Å². The number of aromatic nitrogens is 5. The van der Waals surface area contributed by atoms with Gasteiger partial charge in [0.15, 0.2) is 5.69 Å². The minimum atomic E-state index is -0.374. The van der Waals surface area contributed by atoms with E-state index in [-0.39, 0.29) is 17.7 Å². The summed E-state index contributed by atoms with van der Waals surface area (Å²) < 4.78 is 12.4. The van der Waals surface area contributed by atoms with Crippen LogP contribution in [0.15, 0.2) is 55.0 Å². The maximum atomic E-state index is 12.7. The van der Waals surface area contributed by atoms with Crippen LogP contribution in [0.5, 0.6) is 5.88 Å². The van der Waals surface area contributed by atoms with Crippen molar-refractivity contribution in [1.29, 1.82) is 0 Å². The summed E-state index contributed by atoms with van der Waals surface area (Å²) in [6.07, 6.45) is 5.48. The number of carbonyl (C=O) groups excluding carboxylic acids is 1. The van der Waals surface area contributed by atoms with Crippen LogP contribution in [0.1, 0.15) is 24.3 Å². The molecule has 3 aromatic heterocycles. The van der Waals surface area contributed by atoms with Crippen molar-refractivity contribution in [2.75, 3.05) is 19.0 Å². The number of nitrogens with one attached hydrogen (secondary N) is 1. The summed E-state index contributed by atoms with van der Waals surface area (Å²) >= 11 is 0. The fourth-order valence-electron chi connectivity index (χ4n) is 3.27. The summed E-state index contributed by atoms with van der Waals surface area (Å²) in [7, 11) is 1.66. The van der Waals surface area contributed by atoms with Gasteiger partial charge >= 0.3 is 0 Å². The van der Waals surface area contributed by atoms with Gasteiger partial charge in [-0.3, -0.25) is 14.5 Å². The van der Waals surface area contributed by atoms with Gasteiger partial charge in [-0.15, -0.1) is 10.2 Å². The average Bonchev–Trinajstić information content (AvgIpc) is 3.26. The molecule has 4 aromatic rings. The van der Waals surface area contributed by atoms with E-state index < -0.39 is 0 Å². The van der Waals surface area contributed by atoms with Crippen LogP contribution < -0.4 is 10.1 Å². The molecule has 0 saturated carbocycles. The van der Waals surface area contributed by atoms with E-state index in [1.54, 1.807) is 25.4 Å². The van der Waals surface area contributed by atoms with Gasteiger partial charge in [0, 0.05) is 36.5 Å². The van der Waals surface area contributed by atoms with Crippen molar-refractivity contribution in [3.8, 4) is 17.0 Å². The molecule has 0 saturated heterocycles. The topological polar surface area (TPSA) is 104 Å². The third kappa shape index (κ3) is 4.73. The minimum Gasteiger partial charge on any atom is -0.474 e. The van der Waals surface area contributed by atoms with Crippen LogP contribution >= 0.6 is 0 Å². The van der Waals surface area contributed by atoms with Crippen molar-refractivity contribution >= 4 is 22.5 Å². The monoisotopic (exact) mass is 432 g/mol. The predicted molar refractivity (Wildman–Crippen MR) is 121 cm³/mol. The van der Waals surface area contributed by atoms with Gasteiger partial charge in [0.05, 0.1) is 36.7 Å². The number of hydrogen-bond acceptors (Lipinski definition) is 7. The summed E-state index contributed by atoms with van der Waals surface area (Å²) in [5.41, 5.74) is 3.39. The Bertz CT molecular complexity index is 1220. The van der Waals surface area contributed by atoms with E-state index in [1.165, 1.54) is 0 Å². The third-order valence-corrected chi connectivity index (χ3v) is 4.72. The second-order valence-corrected chi connectivity index (χ2v) is 7.42. The number of nitrogens with zero attached hydrogens (tertiary/aromatic N) is 5. The molecule has 0 radical (unpaired) electrons. The van der Waals surface area contributed by atoms with Gasteiger partial charge in [0.1, 0.15) is 0 Å². The molecule has 0 spiro atoms. The number of benzene rings is 1. The number of pyridine rings is 1. The Hall–Kier alpha value is -3.85. The van der Waals surface area contributed by atoms with E-state index in [0.717, 1.165) is 16.5 Å². The number of ether oxygens (including phenoxy) is 2. The van der Waals surface area contributed by atoms with E-state index in [2.05, 4.69) is 25.6 Å². The summed E-state index contributed by atoms with van der Waals surface area (Å²) in [4.78, 5) is 17.2. The lowest BCUT2D eigenvalue weighted by Crippen LogP contribution is -2.15. The van der Waals surface area contributed by atoms with E-state index in [9.17, 15) is 4.79 Å². The fraction of sp³-hybridized carbons (Fsp3) is 0.261. The van der Waals surface area contributed by atoms with Gasteiger partial charge < -0.3 is 14.8 Å². The zero-order valence-corrected chi connectivity index (χ0v) is 18.1. The second kappa shape index (κ2) is 9.52. The first-order valence-electron chi connectivity index (χ1n) is 10.3. The number of para-hydroxylation sites is 1. The largest absolute Gasteiger partial charge is 0.474 e. The molecule has 1 aromatic carbocycles. The first kappa shape index (κ1) is 21.4. The van der Waals surface area contributed by atoms with Crippen LogP contribution in [0.25, 0.3) is 22.0 Å². The molecule has 1 N–H and O–H groups in total. The number of amides is 1. The SMILES string of the molecule is COCCn1cc(-c2ccnc3c(NC(=O)c4ccc(OC(C)C)nn4)cccc23)cn1. The predicted octanol–water partition coefficient (Wildman–Crippen LogP) is 3.57. The lowest BCUT2D eigenvalue weighted by Gasteiger charge is -2.10. The molecule has 9 nitrogen and oxygen atoms in total. The molecule has 1 amide bonds. The zero-order valence-electron chi connectivity index (χ0n) is 18.1. The maximum absolute atomic E-state index is 12.7. The molecular weight excluding hydrogens is 408 g/mol. The molecule has 0 unspecified atom stereocenters. The number of rotatable bonds is 8. The van der Waals surface area contributed by atoms with Crippen molar-refractivity contribution in [2.24, 2.45) is 0 Å². The molecule has 9 heteroatoms. The van der Waals surface area contributed by atoms with Gasteiger partial charge in [-0.05, 0) is 37.6 Å². The number of fused-ring (bicyclic) bond motifs is 1. The Kier molecular flexibility index (Phi) is 6.37. The highest BCUT2D eigenvalue weighted by Crippen LogP contribution is 2.31. The second-order valence-electron chi connectivity index (χ2n) is 7.42. The van der Waals surface area contributed by atoms with E-state index in [1.807, 2.05) is 55.2 Å². The van der Waals surface area contributed by atoms with Crippen LogP contribution in [-0.2, 0) is 11.3 Å². The Labute approximate surface area is 185 Å². The minimum absolute atomic E-state index is 0.0213. The first-order chi connectivity index (χ1) is 15.5. The molecule has 0 atom stereocenters. The number of anilines is 1. The number of methoxy groups -OCH3 is 1. The van der Waals surface area contributed by atoms with E-state index >= 15 is 0 Å². The summed E-state index contributed by atoms with van der Waals surface area (Å²) in [5.74, 6) is -0.000231. The normalized spacial score (nSPS) is 11.1. The summed E-state index contributed by atoms with van der Waals surface area (Å²) in [5, 5.41) is 16.1. The molecule has 0 aliphatic carbocycles. The standard InChI is InChI=1S/C23H24N6O3/c1-15(2)32-21-8-7-20(27-28-21)23(30)26-19-6-4-5-18-17(9-10-24-22(18)19)16-13-25-29(14-16)11-12-31-3/h4-10,13-15H,11-12H2,1-3H3,(H,26,30). The van der Waals surface area contributed by atoms with Gasteiger partial charge in [-0.2, -0.15) is 5.10 Å². The molecule has 164 valence electrons. The molecule has 0 aliphatic heterocycles. The molecule has 0 bridgehead atoms. The number of carbonyl (C=O) groups is 1. The van der Waals surface area contributed by atoms with Gasteiger partial charge in [0.2, 0.25) is 5.88 Å². The highest BCUT2D eigenvalue weighted by Gasteiger charge is 2.14. The quantitative estimate of drug-likeness (QED) is 0.454.